The second-order valence-corrected chi connectivity index (χ2v) is 5.98. The highest BCUT2D eigenvalue weighted by Crippen LogP contribution is 2.33. The SMILES string of the molecule is NCc1ccc(Cl)cc1Sc1cccc(Br)c1. The topological polar surface area (TPSA) is 26.0 Å². The first-order chi connectivity index (χ1) is 8.19. The maximum atomic E-state index is 6.01. The van der Waals surface area contributed by atoms with Gasteiger partial charge in [0.25, 0.3) is 0 Å². The lowest BCUT2D eigenvalue weighted by Gasteiger charge is -2.08. The van der Waals surface area contributed by atoms with Gasteiger partial charge in [0.15, 0.2) is 0 Å². The standard InChI is InChI=1S/C13H11BrClNS/c14-10-2-1-3-12(6-10)17-13-7-11(15)5-4-9(13)8-16/h1-7H,8,16H2. The van der Waals surface area contributed by atoms with Crippen molar-refractivity contribution < 1.29 is 0 Å². The van der Waals surface area contributed by atoms with Crippen LogP contribution in [0.2, 0.25) is 5.02 Å². The van der Waals surface area contributed by atoms with E-state index >= 15 is 0 Å². The zero-order valence-corrected chi connectivity index (χ0v) is 12.1. The molecule has 0 radical (unpaired) electrons. The summed E-state index contributed by atoms with van der Waals surface area (Å²) < 4.78 is 1.07. The zero-order valence-electron chi connectivity index (χ0n) is 8.99. The van der Waals surface area contributed by atoms with E-state index in [1.54, 1.807) is 11.8 Å². The summed E-state index contributed by atoms with van der Waals surface area (Å²) in [6.45, 7) is 0.521. The van der Waals surface area contributed by atoms with Crippen molar-refractivity contribution in [3.05, 3.63) is 57.5 Å². The van der Waals surface area contributed by atoms with Crippen LogP contribution in [0.1, 0.15) is 5.56 Å². The summed E-state index contributed by atoms with van der Waals surface area (Å²) in [5, 5.41) is 0.736. The van der Waals surface area contributed by atoms with Gasteiger partial charge in [0.2, 0.25) is 0 Å². The van der Waals surface area contributed by atoms with Crippen LogP contribution in [-0.4, -0.2) is 0 Å². The number of halogens is 2. The number of rotatable bonds is 3. The van der Waals surface area contributed by atoms with Gasteiger partial charge in [0, 0.05) is 25.8 Å². The summed E-state index contributed by atoms with van der Waals surface area (Å²) in [6.07, 6.45) is 0. The molecule has 0 heterocycles. The normalized spacial score (nSPS) is 10.5. The van der Waals surface area contributed by atoms with Crippen LogP contribution in [0.5, 0.6) is 0 Å². The Morgan fingerprint density at radius 3 is 2.71 bits per heavy atom. The third-order valence-corrected chi connectivity index (χ3v) is 4.09. The number of hydrogen-bond donors (Lipinski definition) is 1. The number of benzene rings is 2. The Hall–Kier alpha value is -0.480. The Morgan fingerprint density at radius 2 is 2.00 bits per heavy atom. The van der Waals surface area contributed by atoms with Crippen molar-refractivity contribution in [2.75, 3.05) is 0 Å². The van der Waals surface area contributed by atoms with Crippen molar-refractivity contribution in [1.29, 1.82) is 0 Å². The molecule has 0 saturated heterocycles. The molecule has 2 N–H and O–H groups in total. The predicted octanol–water partition coefficient (Wildman–Crippen LogP) is 4.71. The molecule has 0 bridgehead atoms. The van der Waals surface area contributed by atoms with Crippen LogP contribution in [-0.2, 0) is 6.54 Å². The molecule has 0 aliphatic rings. The van der Waals surface area contributed by atoms with Crippen molar-refractivity contribution in [2.24, 2.45) is 5.73 Å². The van der Waals surface area contributed by atoms with E-state index in [1.165, 1.54) is 0 Å². The third-order valence-electron chi connectivity index (χ3n) is 2.27. The Morgan fingerprint density at radius 1 is 1.18 bits per heavy atom. The minimum absolute atomic E-state index is 0.521. The van der Waals surface area contributed by atoms with Crippen LogP contribution in [0.3, 0.4) is 0 Å². The molecule has 4 heteroatoms. The van der Waals surface area contributed by atoms with Gasteiger partial charge in [-0.2, -0.15) is 0 Å². The van der Waals surface area contributed by atoms with Gasteiger partial charge in [-0.15, -0.1) is 0 Å². The van der Waals surface area contributed by atoms with Gasteiger partial charge in [-0.25, -0.2) is 0 Å². The van der Waals surface area contributed by atoms with Gasteiger partial charge in [-0.3, -0.25) is 0 Å². The van der Waals surface area contributed by atoms with Gasteiger partial charge in [0.1, 0.15) is 0 Å². The van der Waals surface area contributed by atoms with E-state index in [2.05, 4.69) is 28.1 Å². The predicted molar refractivity (Wildman–Crippen MR) is 77.6 cm³/mol. The van der Waals surface area contributed by atoms with Crippen LogP contribution in [0.15, 0.2) is 56.7 Å². The van der Waals surface area contributed by atoms with Crippen molar-refractivity contribution >= 4 is 39.3 Å². The fourth-order valence-corrected chi connectivity index (χ4v) is 3.29. The van der Waals surface area contributed by atoms with Gasteiger partial charge in [0.05, 0.1) is 0 Å². The molecule has 0 amide bonds. The minimum atomic E-state index is 0.521. The first-order valence-corrected chi connectivity index (χ1v) is 7.09. The molecule has 0 aliphatic carbocycles. The molecule has 0 aromatic heterocycles. The Labute approximate surface area is 118 Å². The molecule has 0 spiro atoms. The van der Waals surface area contributed by atoms with Gasteiger partial charge >= 0.3 is 0 Å². The lowest BCUT2D eigenvalue weighted by atomic mass is 10.2. The molecule has 0 aliphatic heterocycles. The summed E-state index contributed by atoms with van der Waals surface area (Å²) >= 11 is 11.1. The monoisotopic (exact) mass is 327 g/mol. The molecule has 0 fully saturated rings. The summed E-state index contributed by atoms with van der Waals surface area (Å²) in [6, 6.07) is 14.0. The molecule has 1 nitrogen and oxygen atoms in total. The average Bonchev–Trinajstić information content (AvgIpc) is 2.29. The van der Waals surface area contributed by atoms with E-state index in [9.17, 15) is 0 Å². The second kappa shape index (κ2) is 5.91. The fraction of sp³-hybridized carbons (Fsp3) is 0.0769. The van der Waals surface area contributed by atoms with Crippen molar-refractivity contribution in [2.45, 2.75) is 16.3 Å². The molecule has 0 unspecified atom stereocenters. The summed E-state index contributed by atoms with van der Waals surface area (Å²) in [5.74, 6) is 0. The van der Waals surface area contributed by atoms with E-state index in [0.29, 0.717) is 6.54 Å². The van der Waals surface area contributed by atoms with E-state index in [4.69, 9.17) is 17.3 Å². The number of nitrogens with two attached hydrogens (primary N) is 1. The summed E-state index contributed by atoms with van der Waals surface area (Å²) in [5.41, 5.74) is 6.83. The number of hydrogen-bond acceptors (Lipinski definition) is 2. The van der Waals surface area contributed by atoms with Crippen LogP contribution in [0.25, 0.3) is 0 Å². The zero-order chi connectivity index (χ0) is 12.3. The molecule has 17 heavy (non-hydrogen) atoms. The first kappa shape index (κ1) is 13.0. The van der Waals surface area contributed by atoms with Crippen LogP contribution < -0.4 is 5.73 Å². The lowest BCUT2D eigenvalue weighted by Crippen LogP contribution is -1.97. The van der Waals surface area contributed by atoms with E-state index in [1.807, 2.05) is 30.3 Å². The molecule has 2 aromatic rings. The molecular weight excluding hydrogens is 318 g/mol. The van der Waals surface area contributed by atoms with E-state index in [0.717, 1.165) is 24.8 Å². The van der Waals surface area contributed by atoms with Gasteiger partial charge < -0.3 is 5.73 Å². The summed E-state index contributed by atoms with van der Waals surface area (Å²) in [4.78, 5) is 2.27. The second-order valence-electron chi connectivity index (χ2n) is 3.52. The third kappa shape index (κ3) is 3.49. The van der Waals surface area contributed by atoms with Gasteiger partial charge in [-0.1, -0.05) is 51.4 Å². The van der Waals surface area contributed by atoms with Gasteiger partial charge in [-0.05, 0) is 35.9 Å². The van der Waals surface area contributed by atoms with Crippen LogP contribution >= 0.6 is 39.3 Å². The summed E-state index contributed by atoms with van der Waals surface area (Å²) in [7, 11) is 0. The largest absolute Gasteiger partial charge is 0.326 e. The maximum Gasteiger partial charge on any atom is 0.0417 e. The van der Waals surface area contributed by atoms with Crippen molar-refractivity contribution in [1.82, 2.24) is 0 Å². The highest BCUT2D eigenvalue weighted by molar-refractivity contribution is 9.10. The van der Waals surface area contributed by atoms with Crippen LogP contribution in [0.4, 0.5) is 0 Å². The average molecular weight is 329 g/mol. The minimum Gasteiger partial charge on any atom is -0.326 e. The van der Waals surface area contributed by atoms with E-state index in [-0.39, 0.29) is 0 Å². The smallest absolute Gasteiger partial charge is 0.0417 e. The van der Waals surface area contributed by atoms with Crippen molar-refractivity contribution in [3.8, 4) is 0 Å². The highest BCUT2D eigenvalue weighted by atomic mass is 79.9. The molecule has 2 aromatic carbocycles. The fourth-order valence-electron chi connectivity index (χ4n) is 1.45. The first-order valence-electron chi connectivity index (χ1n) is 5.11. The Bertz CT molecular complexity index is 531. The molecular formula is C13H11BrClNS. The Balaban J connectivity index is 2.32. The lowest BCUT2D eigenvalue weighted by molar-refractivity contribution is 1.03. The molecule has 2 rings (SSSR count). The quantitative estimate of drug-likeness (QED) is 0.883. The Kier molecular flexibility index (Phi) is 4.51. The molecule has 0 atom stereocenters. The van der Waals surface area contributed by atoms with E-state index < -0.39 is 0 Å². The molecule has 88 valence electrons. The van der Waals surface area contributed by atoms with Crippen LogP contribution in [0, 0.1) is 0 Å². The molecule has 0 saturated carbocycles. The highest BCUT2D eigenvalue weighted by Gasteiger charge is 2.04. The van der Waals surface area contributed by atoms with Crippen molar-refractivity contribution in [3.63, 3.8) is 0 Å². The maximum absolute atomic E-state index is 6.01.